The first-order valence-electron chi connectivity index (χ1n) is 5.80. The number of ether oxygens (including phenoxy) is 1. The van der Waals surface area contributed by atoms with Crippen LogP contribution in [0.2, 0.25) is 0 Å². The van der Waals surface area contributed by atoms with Gasteiger partial charge in [0.1, 0.15) is 0 Å². The second-order valence-corrected chi connectivity index (χ2v) is 3.84. The number of alkyl carbamates (subject to hydrolysis) is 1. The molecular formula is C12H19F3N2O2. The van der Waals surface area contributed by atoms with Gasteiger partial charge in [-0.05, 0) is 20.3 Å². The molecule has 4 nitrogen and oxygen atoms in total. The van der Waals surface area contributed by atoms with E-state index in [2.05, 4.69) is 10.1 Å². The zero-order valence-electron chi connectivity index (χ0n) is 11.0. The molecule has 0 heterocycles. The molecule has 19 heavy (non-hydrogen) atoms. The highest BCUT2D eigenvalue weighted by Crippen LogP contribution is 2.14. The molecule has 0 saturated carbocycles. The van der Waals surface area contributed by atoms with Gasteiger partial charge in [-0.3, -0.25) is 0 Å². The molecule has 7 heteroatoms. The van der Waals surface area contributed by atoms with E-state index in [-0.39, 0.29) is 6.54 Å². The summed E-state index contributed by atoms with van der Waals surface area (Å²) >= 11 is 0. The van der Waals surface area contributed by atoms with Crippen molar-refractivity contribution in [3.63, 3.8) is 0 Å². The summed E-state index contributed by atoms with van der Waals surface area (Å²) < 4.78 is 39.6. The molecule has 0 fully saturated rings. The third-order valence-electron chi connectivity index (χ3n) is 2.21. The zero-order valence-corrected chi connectivity index (χ0v) is 11.0. The number of hydrogen-bond acceptors (Lipinski definition) is 3. The number of alkyl halides is 3. The molecule has 1 amide bonds. The van der Waals surface area contributed by atoms with Crippen LogP contribution in [-0.4, -0.2) is 31.5 Å². The van der Waals surface area contributed by atoms with E-state index in [1.807, 2.05) is 32.1 Å². The first-order chi connectivity index (χ1) is 8.82. The minimum Gasteiger partial charge on any atom is -0.440 e. The van der Waals surface area contributed by atoms with Crippen molar-refractivity contribution >= 4 is 6.09 Å². The fraction of sp³-hybridized carbons (Fsp3) is 0.583. The molecule has 0 saturated heterocycles. The summed E-state index contributed by atoms with van der Waals surface area (Å²) in [6.07, 6.45) is 0.276. The number of nitrogens with two attached hydrogens (primary N) is 1. The fourth-order valence-corrected chi connectivity index (χ4v) is 1.33. The predicted octanol–water partition coefficient (Wildman–Crippen LogP) is 2.51. The van der Waals surface area contributed by atoms with Gasteiger partial charge in [-0.1, -0.05) is 23.8 Å². The molecule has 3 N–H and O–H groups in total. The van der Waals surface area contributed by atoms with Gasteiger partial charge in [0.05, 0.1) is 0 Å². The number of rotatable bonds is 6. The van der Waals surface area contributed by atoms with Gasteiger partial charge in [-0.2, -0.15) is 13.2 Å². The summed E-state index contributed by atoms with van der Waals surface area (Å²) in [6, 6.07) is -0.469. The molecule has 0 radical (unpaired) electrons. The summed E-state index contributed by atoms with van der Waals surface area (Å²) in [7, 11) is 0. The normalized spacial score (nSPS) is 14.5. The molecule has 0 aromatic carbocycles. The maximum Gasteiger partial charge on any atom is 0.422 e. The lowest BCUT2D eigenvalue weighted by atomic mass is 10.1. The standard InChI is InChI=1S/C12H19F3N2O2/c1-3-5-9(4-2)6-10(7-16)17-11(18)19-8-12(13,14)15/h3-5,10H,6-8,16H2,1-2H3,(H,17,18)/b5-3-,9-4+/t10-/m0/s1. The van der Waals surface area contributed by atoms with Gasteiger partial charge in [0.2, 0.25) is 0 Å². The van der Waals surface area contributed by atoms with E-state index in [0.29, 0.717) is 6.42 Å². The van der Waals surface area contributed by atoms with E-state index in [1.54, 1.807) is 0 Å². The third kappa shape index (κ3) is 9.12. The molecule has 0 aliphatic rings. The van der Waals surface area contributed by atoms with Gasteiger partial charge in [0, 0.05) is 12.6 Å². The van der Waals surface area contributed by atoms with Crippen LogP contribution in [0.3, 0.4) is 0 Å². The smallest absolute Gasteiger partial charge is 0.422 e. The highest BCUT2D eigenvalue weighted by Gasteiger charge is 2.29. The lowest BCUT2D eigenvalue weighted by Crippen LogP contribution is -2.41. The average Bonchev–Trinajstić information content (AvgIpc) is 2.33. The van der Waals surface area contributed by atoms with Crippen molar-refractivity contribution in [1.82, 2.24) is 5.32 Å². The van der Waals surface area contributed by atoms with Crippen LogP contribution in [-0.2, 0) is 4.74 Å². The SMILES string of the molecule is C/C=C\C(=C/C)C[C@@H](CN)NC(=O)OCC(F)(F)F. The summed E-state index contributed by atoms with van der Waals surface area (Å²) in [5, 5.41) is 2.30. The van der Waals surface area contributed by atoms with Gasteiger partial charge in [-0.25, -0.2) is 4.79 Å². The maximum absolute atomic E-state index is 11.9. The molecule has 1 atom stereocenters. The molecule has 0 rings (SSSR count). The predicted molar refractivity (Wildman–Crippen MR) is 66.6 cm³/mol. The van der Waals surface area contributed by atoms with E-state index >= 15 is 0 Å². The molecule has 0 aliphatic carbocycles. The van der Waals surface area contributed by atoms with Crippen LogP contribution in [0, 0.1) is 0 Å². The minimum atomic E-state index is -4.53. The summed E-state index contributed by atoms with van der Waals surface area (Å²) in [5.74, 6) is 0. The second-order valence-electron chi connectivity index (χ2n) is 3.84. The lowest BCUT2D eigenvalue weighted by Gasteiger charge is -2.17. The Morgan fingerprint density at radius 3 is 2.47 bits per heavy atom. The van der Waals surface area contributed by atoms with Crippen LogP contribution in [0.1, 0.15) is 20.3 Å². The Morgan fingerprint density at radius 1 is 1.42 bits per heavy atom. The summed E-state index contributed by atoms with van der Waals surface area (Å²) in [5.41, 5.74) is 6.38. The molecular weight excluding hydrogens is 261 g/mol. The van der Waals surface area contributed by atoms with Crippen molar-refractivity contribution in [2.24, 2.45) is 5.73 Å². The Balaban J connectivity index is 4.29. The third-order valence-corrected chi connectivity index (χ3v) is 2.21. The minimum absolute atomic E-state index is 0.107. The molecule has 0 bridgehead atoms. The number of halogens is 3. The van der Waals surface area contributed by atoms with Crippen LogP contribution < -0.4 is 11.1 Å². The molecule has 0 aromatic rings. The quantitative estimate of drug-likeness (QED) is 0.735. The van der Waals surface area contributed by atoms with E-state index in [4.69, 9.17) is 5.73 Å². The molecule has 0 spiro atoms. The first kappa shape index (κ1) is 17.5. The van der Waals surface area contributed by atoms with Gasteiger partial charge >= 0.3 is 12.3 Å². The number of allylic oxidation sites excluding steroid dienone is 3. The lowest BCUT2D eigenvalue weighted by molar-refractivity contribution is -0.160. The Bertz CT molecular complexity index is 338. The molecule has 0 unspecified atom stereocenters. The van der Waals surface area contributed by atoms with Gasteiger partial charge in [0.25, 0.3) is 0 Å². The Labute approximate surface area is 110 Å². The van der Waals surface area contributed by atoms with E-state index < -0.39 is 24.9 Å². The van der Waals surface area contributed by atoms with Crippen LogP contribution in [0.4, 0.5) is 18.0 Å². The van der Waals surface area contributed by atoms with Crippen LogP contribution in [0.15, 0.2) is 23.8 Å². The van der Waals surface area contributed by atoms with Crippen molar-refractivity contribution < 1.29 is 22.7 Å². The molecule has 0 aliphatic heterocycles. The average molecular weight is 280 g/mol. The Hall–Kier alpha value is -1.50. The van der Waals surface area contributed by atoms with Gasteiger partial charge in [0.15, 0.2) is 6.61 Å². The van der Waals surface area contributed by atoms with E-state index in [1.165, 1.54) is 0 Å². The topological polar surface area (TPSA) is 64.3 Å². The maximum atomic E-state index is 11.9. The number of carbonyl (C=O) groups excluding carboxylic acids is 1. The number of carbonyl (C=O) groups is 1. The van der Waals surface area contributed by atoms with Crippen molar-refractivity contribution in [3.05, 3.63) is 23.8 Å². The number of amides is 1. The second kappa shape index (κ2) is 8.58. The highest BCUT2D eigenvalue weighted by molar-refractivity contribution is 5.67. The van der Waals surface area contributed by atoms with E-state index in [9.17, 15) is 18.0 Å². The zero-order chi connectivity index (χ0) is 14.9. The fourth-order valence-electron chi connectivity index (χ4n) is 1.33. The molecule has 110 valence electrons. The van der Waals surface area contributed by atoms with Gasteiger partial charge < -0.3 is 15.8 Å². The molecule has 0 aromatic heterocycles. The Kier molecular flexibility index (Phi) is 7.90. The van der Waals surface area contributed by atoms with Crippen LogP contribution in [0.5, 0.6) is 0 Å². The summed E-state index contributed by atoms with van der Waals surface area (Å²) in [4.78, 5) is 11.2. The van der Waals surface area contributed by atoms with E-state index in [0.717, 1.165) is 5.57 Å². The summed E-state index contributed by atoms with van der Waals surface area (Å²) in [6.45, 7) is 2.16. The van der Waals surface area contributed by atoms with Crippen molar-refractivity contribution in [2.45, 2.75) is 32.5 Å². The van der Waals surface area contributed by atoms with Crippen molar-refractivity contribution in [2.75, 3.05) is 13.2 Å². The number of nitrogens with one attached hydrogen (secondary N) is 1. The Morgan fingerprint density at radius 2 is 2.05 bits per heavy atom. The van der Waals surface area contributed by atoms with Gasteiger partial charge in [-0.15, -0.1) is 0 Å². The van der Waals surface area contributed by atoms with Crippen LogP contribution in [0.25, 0.3) is 0 Å². The first-order valence-corrected chi connectivity index (χ1v) is 5.80. The highest BCUT2D eigenvalue weighted by atomic mass is 19.4. The van der Waals surface area contributed by atoms with Crippen molar-refractivity contribution in [1.29, 1.82) is 0 Å². The number of hydrogen-bond donors (Lipinski definition) is 2. The van der Waals surface area contributed by atoms with Crippen LogP contribution >= 0.6 is 0 Å². The monoisotopic (exact) mass is 280 g/mol. The van der Waals surface area contributed by atoms with Crippen molar-refractivity contribution in [3.8, 4) is 0 Å². The largest absolute Gasteiger partial charge is 0.440 e.